The summed E-state index contributed by atoms with van der Waals surface area (Å²) >= 11 is 0. The SMILES string of the molecule is COC(=O)C(NC1CCCCC1)c1c(F)cccc1F. The van der Waals surface area contributed by atoms with Crippen LogP contribution in [0.3, 0.4) is 0 Å². The van der Waals surface area contributed by atoms with Crippen molar-refractivity contribution in [1.82, 2.24) is 5.32 Å². The molecule has 0 bridgehead atoms. The number of ether oxygens (including phenoxy) is 1. The summed E-state index contributed by atoms with van der Waals surface area (Å²) in [5.41, 5.74) is -0.259. The highest BCUT2D eigenvalue weighted by Crippen LogP contribution is 2.25. The number of hydrogen-bond donors (Lipinski definition) is 1. The largest absolute Gasteiger partial charge is 0.468 e. The summed E-state index contributed by atoms with van der Waals surface area (Å²) in [7, 11) is 1.22. The molecule has 1 aliphatic carbocycles. The van der Waals surface area contributed by atoms with Gasteiger partial charge in [0.15, 0.2) is 0 Å². The molecule has 1 N–H and O–H groups in total. The van der Waals surface area contributed by atoms with Gasteiger partial charge in [-0.05, 0) is 25.0 Å². The molecule has 1 aliphatic rings. The van der Waals surface area contributed by atoms with Crippen LogP contribution in [0.25, 0.3) is 0 Å². The molecule has 5 heteroatoms. The van der Waals surface area contributed by atoms with Gasteiger partial charge in [-0.25, -0.2) is 13.6 Å². The number of esters is 1. The zero-order chi connectivity index (χ0) is 14.5. The second kappa shape index (κ2) is 6.79. The molecule has 0 spiro atoms. The first-order valence-corrected chi connectivity index (χ1v) is 6.91. The van der Waals surface area contributed by atoms with E-state index in [9.17, 15) is 13.6 Å². The van der Waals surface area contributed by atoms with Gasteiger partial charge in [0, 0.05) is 6.04 Å². The van der Waals surface area contributed by atoms with Gasteiger partial charge in [-0.15, -0.1) is 0 Å². The lowest BCUT2D eigenvalue weighted by Gasteiger charge is -2.27. The van der Waals surface area contributed by atoms with Crippen molar-refractivity contribution in [3.05, 3.63) is 35.4 Å². The normalized spacial score (nSPS) is 17.8. The third-order valence-corrected chi connectivity index (χ3v) is 3.73. The average molecular weight is 283 g/mol. The van der Waals surface area contributed by atoms with Crippen molar-refractivity contribution in [3.63, 3.8) is 0 Å². The summed E-state index contributed by atoms with van der Waals surface area (Å²) in [6, 6.07) is 2.58. The Bertz CT molecular complexity index is 453. The minimum Gasteiger partial charge on any atom is -0.468 e. The first kappa shape index (κ1) is 14.9. The van der Waals surface area contributed by atoms with E-state index in [2.05, 4.69) is 10.1 Å². The highest BCUT2D eigenvalue weighted by Gasteiger charge is 2.30. The number of methoxy groups -OCH3 is 1. The van der Waals surface area contributed by atoms with E-state index in [0.29, 0.717) is 0 Å². The molecule has 0 aromatic heterocycles. The Hall–Kier alpha value is -1.49. The van der Waals surface area contributed by atoms with E-state index in [4.69, 9.17) is 0 Å². The van der Waals surface area contributed by atoms with E-state index >= 15 is 0 Å². The van der Waals surface area contributed by atoms with Crippen molar-refractivity contribution in [3.8, 4) is 0 Å². The van der Waals surface area contributed by atoms with Crippen LogP contribution in [0.5, 0.6) is 0 Å². The van der Waals surface area contributed by atoms with Crippen LogP contribution in [0.1, 0.15) is 43.7 Å². The molecule has 1 saturated carbocycles. The van der Waals surface area contributed by atoms with Crippen LogP contribution in [-0.4, -0.2) is 19.1 Å². The van der Waals surface area contributed by atoms with E-state index in [-0.39, 0.29) is 11.6 Å². The van der Waals surface area contributed by atoms with E-state index in [1.807, 2.05) is 0 Å². The summed E-state index contributed by atoms with van der Waals surface area (Å²) in [6.07, 6.45) is 5.10. The van der Waals surface area contributed by atoms with Crippen molar-refractivity contribution < 1.29 is 18.3 Å². The van der Waals surface area contributed by atoms with E-state index < -0.39 is 23.6 Å². The second-order valence-corrected chi connectivity index (χ2v) is 5.09. The quantitative estimate of drug-likeness (QED) is 0.863. The summed E-state index contributed by atoms with van der Waals surface area (Å²) in [5.74, 6) is -2.13. The Kier molecular flexibility index (Phi) is 5.06. The maximum Gasteiger partial charge on any atom is 0.327 e. The standard InChI is InChI=1S/C15H19F2NO2/c1-20-15(19)14(18-10-6-3-2-4-7-10)13-11(16)8-5-9-12(13)17/h5,8-10,14,18H,2-4,6-7H2,1H3. The fourth-order valence-corrected chi connectivity index (χ4v) is 2.68. The summed E-state index contributed by atoms with van der Waals surface area (Å²) < 4.78 is 32.4. The molecule has 1 aromatic carbocycles. The van der Waals surface area contributed by atoms with E-state index in [1.165, 1.54) is 13.2 Å². The monoisotopic (exact) mass is 283 g/mol. The van der Waals surface area contributed by atoms with Crippen LogP contribution in [0, 0.1) is 11.6 Å². The first-order chi connectivity index (χ1) is 9.63. The molecule has 0 saturated heterocycles. The molecule has 1 aromatic rings. The van der Waals surface area contributed by atoms with Gasteiger partial charge >= 0.3 is 5.97 Å². The van der Waals surface area contributed by atoms with Gasteiger partial charge in [0.25, 0.3) is 0 Å². The number of carbonyl (C=O) groups is 1. The van der Waals surface area contributed by atoms with Gasteiger partial charge in [0.2, 0.25) is 0 Å². The fraction of sp³-hybridized carbons (Fsp3) is 0.533. The molecular weight excluding hydrogens is 264 g/mol. The zero-order valence-electron chi connectivity index (χ0n) is 11.5. The zero-order valence-corrected chi connectivity index (χ0v) is 11.5. The smallest absolute Gasteiger partial charge is 0.327 e. The van der Waals surface area contributed by atoms with Gasteiger partial charge in [-0.2, -0.15) is 0 Å². The van der Waals surface area contributed by atoms with Crippen LogP contribution >= 0.6 is 0 Å². The van der Waals surface area contributed by atoms with Crippen molar-refractivity contribution in [1.29, 1.82) is 0 Å². The molecule has 20 heavy (non-hydrogen) atoms. The van der Waals surface area contributed by atoms with Crippen LogP contribution in [-0.2, 0) is 9.53 Å². The highest BCUT2D eigenvalue weighted by molar-refractivity contribution is 5.77. The van der Waals surface area contributed by atoms with Crippen molar-refractivity contribution in [2.24, 2.45) is 0 Å². The average Bonchev–Trinajstić information content (AvgIpc) is 2.46. The fourth-order valence-electron chi connectivity index (χ4n) is 2.68. The Morgan fingerprint density at radius 1 is 1.25 bits per heavy atom. The van der Waals surface area contributed by atoms with E-state index in [0.717, 1.165) is 44.2 Å². The van der Waals surface area contributed by atoms with Gasteiger partial charge < -0.3 is 4.74 Å². The maximum absolute atomic E-state index is 13.9. The Balaban J connectivity index is 2.25. The lowest BCUT2D eigenvalue weighted by atomic mass is 9.93. The predicted octanol–water partition coefficient (Wildman–Crippen LogP) is 3.10. The van der Waals surface area contributed by atoms with Crippen molar-refractivity contribution in [2.75, 3.05) is 7.11 Å². The van der Waals surface area contributed by atoms with Crippen LogP contribution in [0.15, 0.2) is 18.2 Å². The first-order valence-electron chi connectivity index (χ1n) is 6.91. The molecule has 110 valence electrons. The second-order valence-electron chi connectivity index (χ2n) is 5.09. The van der Waals surface area contributed by atoms with E-state index in [1.54, 1.807) is 0 Å². The van der Waals surface area contributed by atoms with Gasteiger partial charge in [-0.3, -0.25) is 5.32 Å². The summed E-state index contributed by atoms with van der Waals surface area (Å²) in [4.78, 5) is 11.9. The Morgan fingerprint density at radius 2 is 1.85 bits per heavy atom. The third kappa shape index (κ3) is 3.33. The van der Waals surface area contributed by atoms with Gasteiger partial charge in [0.05, 0.1) is 12.7 Å². The highest BCUT2D eigenvalue weighted by atomic mass is 19.1. The summed E-state index contributed by atoms with van der Waals surface area (Å²) in [6.45, 7) is 0. The van der Waals surface area contributed by atoms with Crippen LogP contribution in [0.4, 0.5) is 8.78 Å². The van der Waals surface area contributed by atoms with Gasteiger partial charge in [0.1, 0.15) is 17.7 Å². The lowest BCUT2D eigenvalue weighted by molar-refractivity contribution is -0.143. The Morgan fingerprint density at radius 3 is 2.40 bits per heavy atom. The van der Waals surface area contributed by atoms with Gasteiger partial charge in [-0.1, -0.05) is 25.3 Å². The molecule has 1 unspecified atom stereocenters. The van der Waals surface area contributed by atoms with Crippen molar-refractivity contribution >= 4 is 5.97 Å². The van der Waals surface area contributed by atoms with Crippen LogP contribution < -0.4 is 5.32 Å². The molecule has 0 aliphatic heterocycles. The maximum atomic E-state index is 13.9. The number of benzene rings is 1. The minimum absolute atomic E-state index is 0.0897. The third-order valence-electron chi connectivity index (χ3n) is 3.73. The molecule has 1 atom stereocenters. The number of halogens is 2. The molecule has 1 fully saturated rings. The number of nitrogens with one attached hydrogen (secondary N) is 1. The molecule has 3 nitrogen and oxygen atoms in total. The number of hydrogen-bond acceptors (Lipinski definition) is 3. The number of carbonyl (C=O) groups excluding carboxylic acids is 1. The summed E-state index contributed by atoms with van der Waals surface area (Å²) in [5, 5.41) is 3.05. The molecule has 0 radical (unpaired) electrons. The van der Waals surface area contributed by atoms with Crippen molar-refractivity contribution in [2.45, 2.75) is 44.2 Å². The lowest BCUT2D eigenvalue weighted by Crippen LogP contribution is -2.39. The van der Waals surface area contributed by atoms with Crippen LogP contribution in [0.2, 0.25) is 0 Å². The Labute approximate surface area is 117 Å². The minimum atomic E-state index is -1.09. The number of rotatable bonds is 4. The predicted molar refractivity (Wildman–Crippen MR) is 71.1 cm³/mol. The molecular formula is C15H19F2NO2. The molecule has 0 heterocycles. The molecule has 0 amide bonds. The molecule has 2 rings (SSSR count). The topological polar surface area (TPSA) is 38.3 Å².